The number of likely N-dealkylation sites (tertiary alicyclic amines) is 1. The summed E-state index contributed by atoms with van der Waals surface area (Å²) in [6.45, 7) is 5.75. The number of aryl methyl sites for hydroxylation is 1. The van der Waals surface area contributed by atoms with Gasteiger partial charge < -0.3 is 5.32 Å². The van der Waals surface area contributed by atoms with Crippen LogP contribution in [0.5, 0.6) is 0 Å². The lowest BCUT2D eigenvalue weighted by molar-refractivity contribution is 0.0480. The molecule has 31 heavy (non-hydrogen) atoms. The molecule has 2 aromatic carbocycles. The molecule has 5 rings (SSSR count). The van der Waals surface area contributed by atoms with Crippen LogP contribution in [0.1, 0.15) is 72.8 Å². The molecular formula is C26H31N3OS. The van der Waals surface area contributed by atoms with Crippen LogP contribution >= 0.6 is 11.3 Å². The van der Waals surface area contributed by atoms with Gasteiger partial charge in [0.05, 0.1) is 15.2 Å². The molecule has 1 amide bonds. The normalized spacial score (nSPS) is 24.1. The van der Waals surface area contributed by atoms with Crippen LogP contribution in [0.2, 0.25) is 0 Å². The van der Waals surface area contributed by atoms with E-state index < -0.39 is 0 Å². The lowest BCUT2D eigenvalue weighted by atomic mass is 9.78. The molecule has 3 aromatic rings. The van der Waals surface area contributed by atoms with Gasteiger partial charge in [-0.1, -0.05) is 31.5 Å². The molecular weight excluding hydrogens is 402 g/mol. The van der Waals surface area contributed by atoms with Crippen molar-refractivity contribution in [2.45, 2.75) is 70.4 Å². The lowest BCUT2D eigenvalue weighted by Crippen LogP contribution is -2.50. The second-order valence-corrected chi connectivity index (χ2v) is 10.2. The summed E-state index contributed by atoms with van der Waals surface area (Å²) in [5.74, 6) is 0.505. The summed E-state index contributed by atoms with van der Waals surface area (Å²) in [6.07, 6.45) is 7.42. The number of rotatable bonds is 5. The molecule has 0 radical (unpaired) electrons. The average Bonchev–Trinajstić information content (AvgIpc) is 3.17. The van der Waals surface area contributed by atoms with E-state index in [1.54, 1.807) is 11.3 Å². The van der Waals surface area contributed by atoms with Crippen molar-refractivity contribution in [3.05, 3.63) is 58.6 Å². The van der Waals surface area contributed by atoms with Gasteiger partial charge in [-0.05, 0) is 75.4 Å². The van der Waals surface area contributed by atoms with Gasteiger partial charge in [0.2, 0.25) is 0 Å². The summed E-state index contributed by atoms with van der Waals surface area (Å²) >= 11 is 1.80. The highest BCUT2D eigenvalue weighted by Gasteiger charge is 2.38. The van der Waals surface area contributed by atoms with Crippen molar-refractivity contribution in [1.29, 1.82) is 0 Å². The Morgan fingerprint density at radius 2 is 2.03 bits per heavy atom. The molecule has 0 spiro atoms. The molecule has 1 saturated carbocycles. The highest BCUT2D eigenvalue weighted by atomic mass is 32.1. The minimum Gasteiger partial charge on any atom is -0.322 e. The molecule has 1 aliphatic heterocycles. The van der Waals surface area contributed by atoms with Gasteiger partial charge in [-0.3, -0.25) is 9.69 Å². The quantitative estimate of drug-likeness (QED) is 0.519. The number of carbonyl (C=O) groups is 1. The summed E-state index contributed by atoms with van der Waals surface area (Å²) < 4.78 is 1.18. The van der Waals surface area contributed by atoms with Gasteiger partial charge in [-0.2, -0.15) is 0 Å². The first-order valence-corrected chi connectivity index (χ1v) is 12.5. The van der Waals surface area contributed by atoms with E-state index in [-0.39, 0.29) is 5.91 Å². The number of benzene rings is 2. The zero-order valence-electron chi connectivity index (χ0n) is 18.4. The van der Waals surface area contributed by atoms with Gasteiger partial charge in [0.25, 0.3) is 5.91 Å². The molecule has 1 aromatic heterocycles. The summed E-state index contributed by atoms with van der Waals surface area (Å²) in [5.41, 5.74) is 3.66. The SMILES string of the molecule is CCc1ccccc1NC(=O)c1ccc2sc([C@H]3C[C@H](N4CCCC[C@@H]4C)C3)nc2c1. The van der Waals surface area contributed by atoms with E-state index in [0.29, 0.717) is 11.5 Å². The molecule has 2 aliphatic rings. The van der Waals surface area contributed by atoms with E-state index >= 15 is 0 Å². The Bertz CT molecular complexity index is 1090. The lowest BCUT2D eigenvalue weighted by Gasteiger charge is -2.47. The number of hydrogen-bond acceptors (Lipinski definition) is 4. The monoisotopic (exact) mass is 433 g/mol. The van der Waals surface area contributed by atoms with Gasteiger partial charge in [0.15, 0.2) is 0 Å². The molecule has 1 saturated heterocycles. The first-order chi connectivity index (χ1) is 15.1. The maximum absolute atomic E-state index is 12.8. The van der Waals surface area contributed by atoms with Crippen molar-refractivity contribution in [3.63, 3.8) is 0 Å². The number of thiazole rings is 1. The molecule has 162 valence electrons. The number of nitrogens with zero attached hydrogens (tertiary/aromatic N) is 2. The molecule has 1 N–H and O–H groups in total. The van der Waals surface area contributed by atoms with E-state index in [0.717, 1.165) is 35.3 Å². The summed E-state index contributed by atoms with van der Waals surface area (Å²) in [6, 6.07) is 15.4. The highest BCUT2D eigenvalue weighted by Crippen LogP contribution is 2.44. The van der Waals surface area contributed by atoms with E-state index in [4.69, 9.17) is 4.98 Å². The van der Waals surface area contributed by atoms with Crippen molar-refractivity contribution in [2.24, 2.45) is 0 Å². The Morgan fingerprint density at radius 1 is 1.19 bits per heavy atom. The molecule has 2 fully saturated rings. The molecule has 5 heteroatoms. The smallest absolute Gasteiger partial charge is 0.255 e. The Hall–Kier alpha value is -2.24. The molecule has 0 bridgehead atoms. The van der Waals surface area contributed by atoms with Crippen LogP contribution < -0.4 is 5.32 Å². The number of amides is 1. The second-order valence-electron chi connectivity index (χ2n) is 9.10. The molecule has 2 heterocycles. The van der Waals surface area contributed by atoms with Crippen molar-refractivity contribution in [2.75, 3.05) is 11.9 Å². The summed E-state index contributed by atoms with van der Waals surface area (Å²) in [7, 11) is 0. The zero-order chi connectivity index (χ0) is 21.4. The third-order valence-corrected chi connectivity index (χ3v) is 8.30. The van der Waals surface area contributed by atoms with Crippen LogP contribution in [-0.4, -0.2) is 34.4 Å². The van der Waals surface area contributed by atoms with Crippen LogP contribution in [0.15, 0.2) is 42.5 Å². The standard InChI is InChI=1S/C26H31N3OS/c1-3-18-9-4-5-10-22(18)27-25(30)19-11-12-24-23(16-19)28-26(31-24)20-14-21(15-20)29-13-7-6-8-17(29)2/h4-5,9-12,16-17,20-21H,3,6-8,13-15H2,1-2H3,(H,27,30)/t17-,20-,21-/m0/s1. The first-order valence-electron chi connectivity index (χ1n) is 11.7. The summed E-state index contributed by atoms with van der Waals surface area (Å²) in [5, 5.41) is 4.31. The topological polar surface area (TPSA) is 45.2 Å². The molecule has 1 aliphatic carbocycles. The Morgan fingerprint density at radius 3 is 2.84 bits per heavy atom. The number of piperidine rings is 1. The Labute approximate surface area is 188 Å². The fourth-order valence-corrected chi connectivity index (χ4v) is 6.20. The van der Waals surface area contributed by atoms with Gasteiger partial charge in [-0.15, -0.1) is 11.3 Å². The maximum Gasteiger partial charge on any atom is 0.255 e. The van der Waals surface area contributed by atoms with Gasteiger partial charge in [0, 0.05) is 29.3 Å². The summed E-state index contributed by atoms with van der Waals surface area (Å²) in [4.78, 5) is 20.5. The third kappa shape index (κ3) is 4.13. The highest BCUT2D eigenvalue weighted by molar-refractivity contribution is 7.18. The Kier molecular flexibility index (Phi) is 5.81. The predicted octanol–water partition coefficient (Wildman–Crippen LogP) is 6.23. The molecule has 0 unspecified atom stereocenters. The number of hydrogen-bond donors (Lipinski definition) is 1. The van der Waals surface area contributed by atoms with Crippen LogP contribution in [0.25, 0.3) is 10.2 Å². The van der Waals surface area contributed by atoms with Crippen LogP contribution in [0, 0.1) is 0 Å². The van der Waals surface area contributed by atoms with Crippen LogP contribution in [0.3, 0.4) is 0 Å². The number of fused-ring (bicyclic) bond motifs is 1. The minimum atomic E-state index is -0.0693. The number of nitrogens with one attached hydrogen (secondary N) is 1. The van der Waals surface area contributed by atoms with E-state index in [9.17, 15) is 4.79 Å². The number of para-hydroxylation sites is 1. The maximum atomic E-state index is 12.8. The zero-order valence-corrected chi connectivity index (χ0v) is 19.3. The largest absolute Gasteiger partial charge is 0.322 e. The third-order valence-electron chi connectivity index (χ3n) is 7.10. The fourth-order valence-electron chi connectivity index (χ4n) is 5.13. The Balaban J connectivity index is 1.28. The first kappa shape index (κ1) is 20.7. The van der Waals surface area contributed by atoms with Crippen LogP contribution in [0.4, 0.5) is 5.69 Å². The minimum absolute atomic E-state index is 0.0693. The van der Waals surface area contributed by atoms with Crippen molar-refractivity contribution < 1.29 is 4.79 Å². The second kappa shape index (κ2) is 8.71. The van der Waals surface area contributed by atoms with Crippen molar-refractivity contribution >= 4 is 33.1 Å². The van der Waals surface area contributed by atoms with Gasteiger partial charge in [-0.25, -0.2) is 4.98 Å². The van der Waals surface area contributed by atoms with E-state index in [2.05, 4.69) is 36.2 Å². The van der Waals surface area contributed by atoms with Crippen LogP contribution in [-0.2, 0) is 6.42 Å². The van der Waals surface area contributed by atoms with Crippen molar-refractivity contribution in [1.82, 2.24) is 9.88 Å². The van der Waals surface area contributed by atoms with Gasteiger partial charge in [0.1, 0.15) is 0 Å². The van der Waals surface area contributed by atoms with E-state index in [1.165, 1.54) is 48.4 Å². The molecule has 4 nitrogen and oxygen atoms in total. The number of carbonyl (C=O) groups excluding carboxylic acids is 1. The fraction of sp³-hybridized carbons (Fsp3) is 0.462. The van der Waals surface area contributed by atoms with E-state index in [1.807, 2.05) is 30.3 Å². The van der Waals surface area contributed by atoms with Gasteiger partial charge >= 0.3 is 0 Å². The number of anilines is 1. The van der Waals surface area contributed by atoms with Crippen molar-refractivity contribution in [3.8, 4) is 0 Å². The number of aromatic nitrogens is 1. The predicted molar refractivity (Wildman–Crippen MR) is 129 cm³/mol. The molecule has 1 atom stereocenters. The average molecular weight is 434 g/mol.